The van der Waals surface area contributed by atoms with Crippen LogP contribution in [0.5, 0.6) is 5.75 Å². The lowest BCUT2D eigenvalue weighted by molar-refractivity contribution is -0.114. The van der Waals surface area contributed by atoms with E-state index in [0.717, 1.165) is 17.0 Å². The third kappa shape index (κ3) is 6.89. The van der Waals surface area contributed by atoms with Gasteiger partial charge in [-0.15, -0.1) is 11.8 Å². The molecule has 0 atom stereocenters. The van der Waals surface area contributed by atoms with Crippen molar-refractivity contribution in [1.82, 2.24) is 0 Å². The minimum Gasteiger partial charge on any atom is -0.494 e. The topological polar surface area (TPSA) is 67.4 Å². The Balaban J connectivity index is 1.69. The van der Waals surface area contributed by atoms with E-state index in [9.17, 15) is 9.59 Å². The van der Waals surface area contributed by atoms with Gasteiger partial charge in [-0.05, 0) is 50.2 Å². The van der Waals surface area contributed by atoms with Crippen LogP contribution in [0.4, 0.5) is 11.4 Å². The summed E-state index contributed by atoms with van der Waals surface area (Å²) in [7, 11) is 0. The molecular formula is C19H22N2O3S. The molecule has 2 aromatic rings. The lowest BCUT2D eigenvalue weighted by Crippen LogP contribution is -2.18. The highest BCUT2D eigenvalue weighted by atomic mass is 32.2. The molecule has 0 aliphatic carbocycles. The second kappa shape index (κ2) is 9.74. The van der Waals surface area contributed by atoms with Crippen molar-refractivity contribution in [2.75, 3.05) is 28.7 Å². The van der Waals surface area contributed by atoms with E-state index < -0.39 is 0 Å². The number of carbonyl (C=O) groups excluding carboxylic acids is 2. The molecule has 2 aromatic carbocycles. The quantitative estimate of drug-likeness (QED) is 0.755. The van der Waals surface area contributed by atoms with Gasteiger partial charge in [0, 0.05) is 11.4 Å². The first-order chi connectivity index (χ1) is 12.1. The first-order valence-corrected chi connectivity index (χ1v) is 9.19. The van der Waals surface area contributed by atoms with Crippen LogP contribution in [0, 0.1) is 6.92 Å². The second-order valence-corrected chi connectivity index (χ2v) is 6.40. The predicted octanol–water partition coefficient (Wildman–Crippen LogP) is 3.70. The van der Waals surface area contributed by atoms with Gasteiger partial charge in [-0.25, -0.2) is 0 Å². The molecule has 0 fully saturated rings. The number of hydrogen-bond acceptors (Lipinski definition) is 4. The summed E-state index contributed by atoms with van der Waals surface area (Å²) in [6.07, 6.45) is 0. The van der Waals surface area contributed by atoms with E-state index in [1.807, 2.05) is 38.1 Å². The molecule has 0 spiro atoms. The number of aryl methyl sites for hydroxylation is 1. The molecular weight excluding hydrogens is 336 g/mol. The molecule has 2 N–H and O–H groups in total. The maximum absolute atomic E-state index is 11.9. The average Bonchev–Trinajstić information content (AvgIpc) is 2.59. The highest BCUT2D eigenvalue weighted by Crippen LogP contribution is 2.16. The van der Waals surface area contributed by atoms with Crippen molar-refractivity contribution >= 4 is 35.0 Å². The summed E-state index contributed by atoms with van der Waals surface area (Å²) in [5.41, 5.74) is 2.60. The Morgan fingerprint density at radius 3 is 1.84 bits per heavy atom. The van der Waals surface area contributed by atoms with Gasteiger partial charge in [0.1, 0.15) is 5.75 Å². The van der Waals surface area contributed by atoms with Gasteiger partial charge in [-0.2, -0.15) is 0 Å². The normalized spacial score (nSPS) is 10.2. The van der Waals surface area contributed by atoms with E-state index in [2.05, 4.69) is 10.6 Å². The zero-order valence-electron chi connectivity index (χ0n) is 14.4. The average molecular weight is 358 g/mol. The van der Waals surface area contributed by atoms with E-state index in [1.165, 1.54) is 11.8 Å². The van der Waals surface area contributed by atoms with Crippen molar-refractivity contribution in [3.05, 3.63) is 54.1 Å². The Kier molecular flexibility index (Phi) is 7.35. The van der Waals surface area contributed by atoms with Crippen LogP contribution in [0.25, 0.3) is 0 Å². The third-order valence-electron chi connectivity index (χ3n) is 3.25. The lowest BCUT2D eigenvalue weighted by Gasteiger charge is -2.08. The number of thioether (sulfide) groups is 1. The van der Waals surface area contributed by atoms with Gasteiger partial charge in [-0.3, -0.25) is 9.59 Å². The van der Waals surface area contributed by atoms with Crippen molar-refractivity contribution in [2.45, 2.75) is 13.8 Å². The van der Waals surface area contributed by atoms with E-state index in [-0.39, 0.29) is 23.3 Å². The van der Waals surface area contributed by atoms with Crippen molar-refractivity contribution in [3.63, 3.8) is 0 Å². The van der Waals surface area contributed by atoms with Crippen LogP contribution in [-0.2, 0) is 9.59 Å². The first-order valence-electron chi connectivity index (χ1n) is 8.04. The molecule has 0 aliphatic rings. The molecule has 5 nitrogen and oxygen atoms in total. The van der Waals surface area contributed by atoms with Crippen LogP contribution in [0.3, 0.4) is 0 Å². The van der Waals surface area contributed by atoms with Gasteiger partial charge < -0.3 is 15.4 Å². The molecule has 0 unspecified atom stereocenters. The van der Waals surface area contributed by atoms with Gasteiger partial charge in [0.05, 0.1) is 18.1 Å². The predicted molar refractivity (Wildman–Crippen MR) is 103 cm³/mol. The Labute approximate surface area is 152 Å². The SMILES string of the molecule is CCOc1ccc(NC(=O)CSCC(=O)Nc2ccc(C)cc2)cc1. The Bertz CT molecular complexity index is 700. The zero-order chi connectivity index (χ0) is 18.1. The minimum absolute atomic E-state index is 0.122. The zero-order valence-corrected chi connectivity index (χ0v) is 15.2. The van der Waals surface area contributed by atoms with Crippen molar-refractivity contribution in [1.29, 1.82) is 0 Å². The standard InChI is InChI=1S/C19H22N2O3S/c1-3-24-17-10-8-16(9-11-17)21-19(23)13-25-12-18(22)20-15-6-4-14(2)5-7-15/h4-11H,3,12-13H2,1-2H3,(H,20,22)(H,21,23). The number of hydrogen-bond donors (Lipinski definition) is 2. The molecule has 0 aromatic heterocycles. The monoisotopic (exact) mass is 358 g/mol. The molecule has 0 aliphatic heterocycles. The summed E-state index contributed by atoms with van der Waals surface area (Å²) in [6.45, 7) is 4.51. The maximum atomic E-state index is 11.9. The lowest BCUT2D eigenvalue weighted by atomic mass is 10.2. The number of ether oxygens (including phenoxy) is 1. The summed E-state index contributed by atoms with van der Waals surface area (Å²) >= 11 is 1.27. The fourth-order valence-electron chi connectivity index (χ4n) is 2.07. The van der Waals surface area contributed by atoms with Crippen LogP contribution in [0.2, 0.25) is 0 Å². The molecule has 25 heavy (non-hydrogen) atoms. The highest BCUT2D eigenvalue weighted by molar-refractivity contribution is 8.00. The molecule has 2 amide bonds. The van der Waals surface area contributed by atoms with Crippen molar-refractivity contribution < 1.29 is 14.3 Å². The molecule has 132 valence electrons. The summed E-state index contributed by atoms with van der Waals surface area (Å²) in [4.78, 5) is 23.8. The number of rotatable bonds is 8. The molecule has 2 rings (SSSR count). The van der Waals surface area contributed by atoms with Crippen LogP contribution in [0.1, 0.15) is 12.5 Å². The molecule has 0 radical (unpaired) electrons. The van der Waals surface area contributed by atoms with Crippen molar-refractivity contribution in [3.8, 4) is 5.75 Å². The summed E-state index contributed by atoms with van der Waals surface area (Å²) < 4.78 is 5.35. The largest absolute Gasteiger partial charge is 0.494 e. The Morgan fingerprint density at radius 2 is 1.36 bits per heavy atom. The molecule has 0 bridgehead atoms. The van der Waals surface area contributed by atoms with Crippen LogP contribution in [-0.4, -0.2) is 29.9 Å². The van der Waals surface area contributed by atoms with Gasteiger partial charge in [0.25, 0.3) is 0 Å². The maximum Gasteiger partial charge on any atom is 0.234 e. The van der Waals surface area contributed by atoms with E-state index in [1.54, 1.807) is 24.3 Å². The fourth-order valence-corrected chi connectivity index (χ4v) is 2.69. The summed E-state index contributed by atoms with van der Waals surface area (Å²) in [5.74, 6) is 0.946. The molecule has 0 saturated carbocycles. The first kappa shape index (κ1) is 18.9. The Hall–Kier alpha value is -2.47. The van der Waals surface area contributed by atoms with Gasteiger partial charge in [-0.1, -0.05) is 17.7 Å². The Morgan fingerprint density at radius 1 is 0.880 bits per heavy atom. The second-order valence-electron chi connectivity index (χ2n) is 5.41. The fraction of sp³-hybridized carbons (Fsp3) is 0.263. The molecule has 0 heterocycles. The van der Waals surface area contributed by atoms with E-state index in [4.69, 9.17) is 4.74 Å². The summed E-state index contributed by atoms with van der Waals surface area (Å²) in [6, 6.07) is 14.8. The molecule has 0 saturated heterocycles. The number of carbonyl (C=O) groups is 2. The number of benzene rings is 2. The minimum atomic E-state index is -0.141. The van der Waals surface area contributed by atoms with Crippen LogP contribution < -0.4 is 15.4 Å². The van der Waals surface area contributed by atoms with E-state index >= 15 is 0 Å². The van der Waals surface area contributed by atoms with Crippen LogP contribution >= 0.6 is 11.8 Å². The van der Waals surface area contributed by atoms with Gasteiger partial charge >= 0.3 is 0 Å². The van der Waals surface area contributed by atoms with Gasteiger partial charge in [0.15, 0.2) is 0 Å². The van der Waals surface area contributed by atoms with Crippen LogP contribution in [0.15, 0.2) is 48.5 Å². The van der Waals surface area contributed by atoms with Gasteiger partial charge in [0.2, 0.25) is 11.8 Å². The van der Waals surface area contributed by atoms with Crippen molar-refractivity contribution in [2.24, 2.45) is 0 Å². The third-order valence-corrected chi connectivity index (χ3v) is 4.18. The summed E-state index contributed by atoms with van der Waals surface area (Å²) in [5, 5.41) is 5.60. The number of amides is 2. The molecule has 6 heteroatoms. The smallest absolute Gasteiger partial charge is 0.234 e. The number of anilines is 2. The van der Waals surface area contributed by atoms with E-state index in [0.29, 0.717) is 12.3 Å². The highest BCUT2D eigenvalue weighted by Gasteiger charge is 2.07. The number of nitrogens with one attached hydrogen (secondary N) is 2.